The minimum Gasteiger partial charge on any atom is -0.355 e. The van der Waals surface area contributed by atoms with Crippen LogP contribution in [-0.2, 0) is 20.2 Å². The van der Waals surface area contributed by atoms with Gasteiger partial charge in [-0.15, -0.1) is 0 Å². The van der Waals surface area contributed by atoms with E-state index in [2.05, 4.69) is 25.6 Å². The molecule has 11 heteroatoms. The first-order valence-corrected chi connectivity index (χ1v) is 18.4. The normalized spacial score (nSPS) is 20.1. The number of carbonyl (C=O) groups excluding carboxylic acids is 1. The molecule has 1 saturated carbocycles. The summed E-state index contributed by atoms with van der Waals surface area (Å²) in [5.41, 5.74) is 5.30. The van der Waals surface area contributed by atoms with Crippen molar-refractivity contribution in [2.24, 2.45) is 0 Å². The molecule has 244 valence electrons. The maximum Gasteiger partial charge on any atom is 0.279 e. The van der Waals surface area contributed by atoms with E-state index < -0.39 is 15.4 Å². The molecule has 47 heavy (non-hydrogen) atoms. The molecule has 1 aliphatic carbocycles. The molecule has 4 aliphatic rings. The van der Waals surface area contributed by atoms with Crippen LogP contribution in [-0.4, -0.2) is 73.4 Å². The number of aryl methyl sites for hydroxylation is 1. The number of nitrogens with one attached hydrogen (secondary N) is 1. The molecule has 0 radical (unpaired) electrons. The number of aromatic nitrogens is 3. The number of piperidine rings is 2. The zero-order chi connectivity index (χ0) is 32.3. The summed E-state index contributed by atoms with van der Waals surface area (Å²) in [7, 11) is -2.14. The molecule has 3 aliphatic heterocycles. The van der Waals surface area contributed by atoms with Gasteiger partial charge >= 0.3 is 0 Å². The average Bonchev–Trinajstić information content (AvgIpc) is 3.31. The van der Waals surface area contributed by atoms with Crippen molar-refractivity contribution in [3.8, 4) is 11.1 Å². The summed E-state index contributed by atoms with van der Waals surface area (Å²) in [5.74, 6) is 0.778. The number of rotatable bonds is 6. The summed E-state index contributed by atoms with van der Waals surface area (Å²) in [6, 6.07) is 11.8. The smallest absolute Gasteiger partial charge is 0.279 e. The summed E-state index contributed by atoms with van der Waals surface area (Å²) >= 11 is 0. The largest absolute Gasteiger partial charge is 0.355 e. The highest BCUT2D eigenvalue weighted by atomic mass is 32.2. The maximum atomic E-state index is 13.7. The quantitative estimate of drug-likeness (QED) is 0.285. The van der Waals surface area contributed by atoms with E-state index in [9.17, 15) is 13.2 Å². The van der Waals surface area contributed by atoms with Gasteiger partial charge in [0.1, 0.15) is 0 Å². The molecule has 10 nitrogen and oxygen atoms in total. The molecule has 2 saturated heterocycles. The monoisotopic (exact) mass is 651 g/mol. The van der Waals surface area contributed by atoms with Crippen LogP contribution in [0.3, 0.4) is 0 Å². The van der Waals surface area contributed by atoms with Crippen LogP contribution < -0.4 is 14.5 Å². The first-order valence-electron chi connectivity index (χ1n) is 16.9. The van der Waals surface area contributed by atoms with E-state index in [4.69, 9.17) is 9.97 Å². The van der Waals surface area contributed by atoms with Crippen molar-refractivity contribution in [3.63, 3.8) is 0 Å². The number of nitrogens with zero attached hydrogens (tertiary/aromatic N) is 6. The van der Waals surface area contributed by atoms with Crippen LogP contribution in [0.1, 0.15) is 62.5 Å². The highest BCUT2D eigenvalue weighted by Gasteiger charge is 2.54. The lowest BCUT2D eigenvalue weighted by Gasteiger charge is -2.41. The number of sulfonamides is 1. The van der Waals surface area contributed by atoms with Crippen LogP contribution in [0, 0.1) is 6.92 Å². The average molecular weight is 652 g/mol. The number of anilines is 3. The van der Waals surface area contributed by atoms with Crippen LogP contribution in [0.15, 0.2) is 60.0 Å². The molecule has 8 rings (SSSR count). The molecule has 6 heterocycles. The number of carbonyl (C=O) groups is 1. The molecule has 0 unspecified atom stereocenters. The second kappa shape index (κ2) is 11.6. The van der Waals surface area contributed by atoms with E-state index in [1.165, 1.54) is 38.4 Å². The summed E-state index contributed by atoms with van der Waals surface area (Å²) in [5, 5.41) is 0.933. The van der Waals surface area contributed by atoms with E-state index in [1.54, 1.807) is 17.2 Å². The van der Waals surface area contributed by atoms with Gasteiger partial charge in [-0.05, 0) is 93.9 Å². The van der Waals surface area contributed by atoms with Gasteiger partial charge in [0.05, 0.1) is 28.5 Å². The lowest BCUT2D eigenvalue weighted by molar-refractivity contribution is -0.125. The van der Waals surface area contributed by atoms with E-state index >= 15 is 0 Å². The van der Waals surface area contributed by atoms with Crippen LogP contribution in [0.4, 0.5) is 17.2 Å². The Balaban J connectivity index is 1.17. The molecule has 0 bridgehead atoms. The number of amides is 1. The lowest BCUT2D eigenvalue weighted by atomic mass is 9.64. The molecule has 3 aromatic heterocycles. The number of pyridine rings is 3. The molecular weight excluding hydrogens is 611 g/mol. The molecule has 4 aromatic rings. The number of fused-ring (bicyclic) bond motifs is 4. The number of hydrogen-bond donors (Lipinski definition) is 1. The Hall–Kier alpha value is -4.09. The molecule has 1 amide bonds. The minimum absolute atomic E-state index is 0.0322. The van der Waals surface area contributed by atoms with Gasteiger partial charge in [-0.3, -0.25) is 14.5 Å². The number of benzene rings is 1. The fourth-order valence-electron chi connectivity index (χ4n) is 8.13. The molecule has 1 N–H and O–H groups in total. The van der Waals surface area contributed by atoms with E-state index in [0.29, 0.717) is 17.5 Å². The van der Waals surface area contributed by atoms with Crippen molar-refractivity contribution in [2.75, 3.05) is 47.7 Å². The van der Waals surface area contributed by atoms with Crippen molar-refractivity contribution >= 4 is 44.0 Å². The summed E-state index contributed by atoms with van der Waals surface area (Å²) in [4.78, 5) is 33.8. The third-order valence-corrected chi connectivity index (χ3v) is 12.2. The third-order valence-electron chi connectivity index (χ3n) is 10.9. The summed E-state index contributed by atoms with van der Waals surface area (Å²) in [6.07, 6.45) is 13.8. The molecule has 0 atom stereocenters. The Bertz CT molecular complexity index is 1960. The zero-order valence-electron chi connectivity index (χ0n) is 27.1. The van der Waals surface area contributed by atoms with Gasteiger partial charge in [0.2, 0.25) is 5.91 Å². The Morgan fingerprint density at radius 1 is 0.851 bits per heavy atom. The van der Waals surface area contributed by atoms with Gasteiger partial charge in [0, 0.05) is 55.1 Å². The Morgan fingerprint density at radius 3 is 2.34 bits per heavy atom. The van der Waals surface area contributed by atoms with Crippen LogP contribution in [0.5, 0.6) is 0 Å². The van der Waals surface area contributed by atoms with Gasteiger partial charge in [-0.2, -0.15) is 8.42 Å². The predicted molar refractivity (Wildman–Crippen MR) is 184 cm³/mol. The molecular formula is C36H41N7O3S. The topological polar surface area (TPSA) is 112 Å². The van der Waals surface area contributed by atoms with Gasteiger partial charge < -0.3 is 14.7 Å². The van der Waals surface area contributed by atoms with Crippen LogP contribution >= 0.6 is 0 Å². The Morgan fingerprint density at radius 2 is 1.64 bits per heavy atom. The van der Waals surface area contributed by atoms with Crippen molar-refractivity contribution in [2.45, 2.75) is 74.8 Å². The van der Waals surface area contributed by atoms with Crippen LogP contribution in [0.2, 0.25) is 0 Å². The molecule has 3 fully saturated rings. The zero-order valence-corrected chi connectivity index (χ0v) is 27.9. The summed E-state index contributed by atoms with van der Waals surface area (Å²) in [6.45, 7) is 5.83. The number of likely N-dealkylation sites (tertiary alicyclic amines) is 1. The first-order chi connectivity index (χ1) is 22.7. The fraction of sp³-hybridized carbons (Fsp3) is 0.444. The van der Waals surface area contributed by atoms with E-state index in [0.717, 1.165) is 84.0 Å². The van der Waals surface area contributed by atoms with Crippen molar-refractivity contribution in [1.29, 1.82) is 0 Å². The number of hydrogen-bond acceptors (Lipinski definition) is 8. The molecule has 1 aromatic carbocycles. The standard InChI is InChI=1S/C36H41N7O3S/c1-24-7-10-32(38-21-24)47(45,46)40-30-20-26(22-39-34(30)43-17-11-27(12-18-43)42-15-4-3-5-16-42)25-8-9-29-28(19-25)33-31(23-37-29)41(2)35(44)36(33)13-6-14-36/h7-10,19-23,27,40H,3-6,11-18H2,1-2H3. The van der Waals surface area contributed by atoms with E-state index in [-0.39, 0.29) is 10.9 Å². The molecule has 1 spiro atoms. The van der Waals surface area contributed by atoms with Gasteiger partial charge in [0.15, 0.2) is 10.8 Å². The summed E-state index contributed by atoms with van der Waals surface area (Å²) < 4.78 is 30.2. The van der Waals surface area contributed by atoms with Gasteiger partial charge in [-0.1, -0.05) is 25.0 Å². The van der Waals surface area contributed by atoms with Crippen molar-refractivity contribution in [1.82, 2.24) is 19.9 Å². The Labute approximate surface area is 276 Å². The first kappa shape index (κ1) is 30.3. The van der Waals surface area contributed by atoms with Crippen LogP contribution in [0.25, 0.3) is 22.0 Å². The maximum absolute atomic E-state index is 13.7. The predicted octanol–water partition coefficient (Wildman–Crippen LogP) is 5.65. The fourth-order valence-corrected chi connectivity index (χ4v) is 9.11. The second-order valence-corrected chi connectivity index (χ2v) is 15.4. The lowest BCUT2D eigenvalue weighted by Crippen LogP contribution is -2.47. The number of likely N-dealkylation sites (N-methyl/N-ethyl adjacent to an activating group) is 1. The highest BCUT2D eigenvalue weighted by Crippen LogP contribution is 2.55. The van der Waals surface area contributed by atoms with Crippen molar-refractivity contribution in [3.05, 3.63) is 66.1 Å². The third kappa shape index (κ3) is 5.14. The van der Waals surface area contributed by atoms with Gasteiger partial charge in [0.25, 0.3) is 10.0 Å². The highest BCUT2D eigenvalue weighted by molar-refractivity contribution is 7.92. The minimum atomic E-state index is -3.97. The van der Waals surface area contributed by atoms with Crippen molar-refractivity contribution < 1.29 is 13.2 Å². The Kier molecular flexibility index (Phi) is 7.44. The second-order valence-electron chi connectivity index (χ2n) is 13.7. The SMILES string of the molecule is Cc1ccc(S(=O)(=O)Nc2cc(-c3ccc4ncc5c(c4c3)C3(CCC3)C(=O)N5C)cnc2N2CCC(N3CCCCC3)CC2)nc1. The van der Waals surface area contributed by atoms with Gasteiger partial charge in [-0.25, -0.2) is 9.97 Å². The van der Waals surface area contributed by atoms with E-state index in [1.807, 2.05) is 44.6 Å².